The topological polar surface area (TPSA) is 44.8 Å². The normalized spacial score (nSPS) is 11.6. The third-order valence-electron chi connectivity index (χ3n) is 5.32. The van der Waals surface area contributed by atoms with Crippen LogP contribution >= 0.6 is 0 Å². The first-order valence-corrected chi connectivity index (χ1v) is 11.8. The molecule has 30 heavy (non-hydrogen) atoms. The molecular formula is C25H28O4Si. The Morgan fingerprint density at radius 3 is 1.53 bits per heavy atom. The van der Waals surface area contributed by atoms with Crippen LogP contribution in [0.15, 0.2) is 72.8 Å². The number of methoxy groups -OCH3 is 2. The van der Waals surface area contributed by atoms with Gasteiger partial charge in [0.15, 0.2) is 6.29 Å². The number of benzene rings is 3. The Bertz CT molecular complexity index is 930. The lowest BCUT2D eigenvalue weighted by Gasteiger charge is -2.43. The third-order valence-corrected chi connectivity index (χ3v) is 10.3. The molecule has 0 aliphatic carbocycles. The summed E-state index contributed by atoms with van der Waals surface area (Å²) >= 11 is 0. The Kier molecular flexibility index (Phi) is 6.32. The molecule has 0 saturated carbocycles. The average Bonchev–Trinajstić information content (AvgIpc) is 2.77. The van der Waals surface area contributed by atoms with Gasteiger partial charge in [-0.3, -0.25) is 4.79 Å². The summed E-state index contributed by atoms with van der Waals surface area (Å²) in [6, 6.07) is 24.3. The van der Waals surface area contributed by atoms with Crippen molar-refractivity contribution in [1.82, 2.24) is 0 Å². The molecule has 0 amide bonds. The molecule has 0 aliphatic rings. The van der Waals surface area contributed by atoms with Crippen LogP contribution in [-0.2, 0) is 0 Å². The molecule has 0 bridgehead atoms. The lowest BCUT2D eigenvalue weighted by molar-refractivity contribution is 0.111. The van der Waals surface area contributed by atoms with Crippen molar-refractivity contribution in [2.75, 3.05) is 14.2 Å². The molecule has 0 unspecified atom stereocenters. The Balaban J connectivity index is 2.28. The molecule has 0 aromatic heterocycles. The molecule has 4 nitrogen and oxygen atoms in total. The van der Waals surface area contributed by atoms with E-state index in [9.17, 15) is 4.79 Å². The van der Waals surface area contributed by atoms with Crippen molar-refractivity contribution in [1.29, 1.82) is 0 Å². The van der Waals surface area contributed by atoms with Gasteiger partial charge in [0.2, 0.25) is 0 Å². The van der Waals surface area contributed by atoms with E-state index in [1.807, 2.05) is 36.4 Å². The molecule has 0 aliphatic heterocycles. The van der Waals surface area contributed by atoms with Gasteiger partial charge in [-0.15, -0.1) is 0 Å². The van der Waals surface area contributed by atoms with Crippen LogP contribution in [0.25, 0.3) is 0 Å². The van der Waals surface area contributed by atoms with Crippen molar-refractivity contribution in [2.24, 2.45) is 0 Å². The molecule has 0 spiro atoms. The predicted molar refractivity (Wildman–Crippen MR) is 123 cm³/mol. The van der Waals surface area contributed by atoms with E-state index in [0.717, 1.165) is 6.29 Å². The zero-order valence-corrected chi connectivity index (χ0v) is 19.1. The second-order valence-electron chi connectivity index (χ2n) is 8.12. The van der Waals surface area contributed by atoms with E-state index in [-0.39, 0.29) is 5.04 Å². The van der Waals surface area contributed by atoms with Crippen LogP contribution in [0.5, 0.6) is 17.2 Å². The summed E-state index contributed by atoms with van der Waals surface area (Å²) in [4.78, 5) is 11.6. The van der Waals surface area contributed by atoms with Crippen LogP contribution in [0, 0.1) is 0 Å². The zero-order valence-electron chi connectivity index (χ0n) is 18.1. The maximum Gasteiger partial charge on any atom is 0.319 e. The lowest BCUT2D eigenvalue weighted by atomic mass is 10.2. The fourth-order valence-corrected chi connectivity index (χ4v) is 8.32. The highest BCUT2D eigenvalue weighted by atomic mass is 28.4. The van der Waals surface area contributed by atoms with E-state index in [2.05, 4.69) is 45.0 Å². The summed E-state index contributed by atoms with van der Waals surface area (Å²) < 4.78 is 17.9. The number of aldehydes is 1. The summed E-state index contributed by atoms with van der Waals surface area (Å²) in [5.41, 5.74) is 0.370. The van der Waals surface area contributed by atoms with Gasteiger partial charge in [0.25, 0.3) is 0 Å². The Hall–Kier alpha value is -3.05. The van der Waals surface area contributed by atoms with Gasteiger partial charge in [0.05, 0.1) is 19.8 Å². The molecule has 0 atom stereocenters. The molecule has 0 N–H and O–H groups in total. The van der Waals surface area contributed by atoms with E-state index in [0.29, 0.717) is 22.8 Å². The van der Waals surface area contributed by atoms with Crippen molar-refractivity contribution in [3.8, 4) is 17.2 Å². The van der Waals surface area contributed by atoms with Crippen molar-refractivity contribution < 1.29 is 18.7 Å². The summed E-state index contributed by atoms with van der Waals surface area (Å²) in [6.45, 7) is 6.65. The maximum absolute atomic E-state index is 11.6. The van der Waals surface area contributed by atoms with Crippen LogP contribution < -0.4 is 24.3 Å². The highest BCUT2D eigenvalue weighted by Crippen LogP contribution is 2.40. The molecule has 0 fully saturated rings. The van der Waals surface area contributed by atoms with Gasteiger partial charge in [-0.1, -0.05) is 81.4 Å². The largest absolute Gasteiger partial charge is 0.534 e. The van der Waals surface area contributed by atoms with Gasteiger partial charge < -0.3 is 13.9 Å². The number of rotatable bonds is 7. The summed E-state index contributed by atoms with van der Waals surface area (Å²) in [5, 5.41) is 2.15. The molecule has 156 valence electrons. The minimum Gasteiger partial charge on any atom is -0.534 e. The van der Waals surface area contributed by atoms with Crippen molar-refractivity contribution in [3.63, 3.8) is 0 Å². The predicted octanol–water partition coefficient (Wildman–Crippen LogP) is 4.46. The number of hydrogen-bond donors (Lipinski definition) is 0. The Labute approximate surface area is 179 Å². The second kappa shape index (κ2) is 8.75. The summed E-state index contributed by atoms with van der Waals surface area (Å²) in [5.74, 6) is 1.47. The molecule has 0 heterocycles. The lowest BCUT2D eigenvalue weighted by Crippen LogP contribution is -2.68. The standard InChI is InChI=1S/C25H28O4Si/c1-25(2,3)30(20-12-8-6-9-13-20,21-14-10-7-11-15-21)29-19-16-23(27-4)22(18-26)24(17-19)28-5/h6-18H,1-5H3. The van der Waals surface area contributed by atoms with Crippen molar-refractivity contribution >= 4 is 25.0 Å². The first kappa shape index (κ1) is 21.7. The van der Waals surface area contributed by atoms with E-state index in [4.69, 9.17) is 13.9 Å². The second-order valence-corrected chi connectivity index (χ2v) is 12.3. The summed E-state index contributed by atoms with van der Waals surface area (Å²) in [6.07, 6.45) is 0.740. The van der Waals surface area contributed by atoms with Crippen LogP contribution in [0.2, 0.25) is 5.04 Å². The van der Waals surface area contributed by atoms with Crippen LogP contribution in [0.1, 0.15) is 31.1 Å². The minimum atomic E-state index is -2.79. The number of ether oxygens (including phenoxy) is 2. The third kappa shape index (κ3) is 3.85. The summed E-state index contributed by atoms with van der Waals surface area (Å²) in [7, 11) is 0.284. The van der Waals surface area contributed by atoms with E-state index < -0.39 is 8.32 Å². The van der Waals surface area contributed by atoms with E-state index >= 15 is 0 Å². The Morgan fingerprint density at radius 1 is 0.767 bits per heavy atom. The smallest absolute Gasteiger partial charge is 0.319 e. The number of carbonyl (C=O) groups is 1. The van der Waals surface area contributed by atoms with Gasteiger partial charge in [-0.2, -0.15) is 0 Å². The molecule has 3 aromatic carbocycles. The SMILES string of the molecule is COc1cc(O[Si](c2ccccc2)(c2ccccc2)C(C)(C)C)cc(OC)c1C=O. The van der Waals surface area contributed by atoms with Crippen LogP contribution in [-0.4, -0.2) is 28.8 Å². The van der Waals surface area contributed by atoms with Crippen LogP contribution in [0.3, 0.4) is 0 Å². The molecular weight excluding hydrogens is 392 g/mol. The number of hydrogen-bond acceptors (Lipinski definition) is 4. The van der Waals surface area contributed by atoms with Gasteiger partial charge in [-0.25, -0.2) is 0 Å². The maximum atomic E-state index is 11.6. The van der Waals surface area contributed by atoms with Crippen molar-refractivity contribution in [2.45, 2.75) is 25.8 Å². The molecule has 0 saturated heterocycles. The fraction of sp³-hybridized carbons (Fsp3) is 0.240. The molecule has 3 aromatic rings. The van der Waals surface area contributed by atoms with Gasteiger partial charge in [0.1, 0.15) is 17.2 Å². The van der Waals surface area contributed by atoms with Gasteiger partial charge in [0, 0.05) is 12.1 Å². The van der Waals surface area contributed by atoms with E-state index in [1.54, 1.807) is 12.1 Å². The quantitative estimate of drug-likeness (QED) is 0.418. The minimum absolute atomic E-state index is 0.181. The van der Waals surface area contributed by atoms with Crippen molar-refractivity contribution in [3.05, 3.63) is 78.4 Å². The molecule has 0 radical (unpaired) electrons. The monoisotopic (exact) mass is 420 g/mol. The highest BCUT2D eigenvalue weighted by molar-refractivity contribution is 7.00. The first-order valence-electron chi connectivity index (χ1n) is 9.88. The van der Waals surface area contributed by atoms with Gasteiger partial charge in [-0.05, 0) is 15.4 Å². The molecule has 3 rings (SSSR count). The van der Waals surface area contributed by atoms with Crippen LogP contribution in [0.4, 0.5) is 0 Å². The zero-order chi connectivity index (χ0) is 21.8. The highest BCUT2D eigenvalue weighted by Gasteiger charge is 2.52. The molecule has 5 heteroatoms. The average molecular weight is 421 g/mol. The van der Waals surface area contributed by atoms with E-state index in [1.165, 1.54) is 24.6 Å². The fourth-order valence-electron chi connectivity index (χ4n) is 3.92. The number of carbonyl (C=O) groups excluding carboxylic acids is 1. The first-order chi connectivity index (χ1) is 14.4. The Morgan fingerprint density at radius 2 is 1.20 bits per heavy atom. The van der Waals surface area contributed by atoms with Gasteiger partial charge >= 0.3 is 8.32 Å².